The quantitative estimate of drug-likeness (QED) is 0.831. The second kappa shape index (κ2) is 4.31. The molecule has 1 aliphatic rings. The van der Waals surface area contributed by atoms with Crippen LogP contribution in [0.15, 0.2) is 6.20 Å². The van der Waals surface area contributed by atoms with E-state index in [2.05, 4.69) is 15.3 Å². The fourth-order valence-electron chi connectivity index (χ4n) is 1.96. The lowest BCUT2D eigenvalue weighted by molar-refractivity contribution is -0.153. The number of rotatable bonds is 4. The Balaban J connectivity index is 2.02. The van der Waals surface area contributed by atoms with Crippen LogP contribution < -0.4 is 5.32 Å². The van der Waals surface area contributed by atoms with E-state index >= 15 is 0 Å². The number of carbonyl (C=O) groups is 1. The van der Waals surface area contributed by atoms with Gasteiger partial charge in [0.15, 0.2) is 0 Å². The summed E-state index contributed by atoms with van der Waals surface area (Å²) in [7, 11) is 0. The zero-order valence-electron chi connectivity index (χ0n) is 10.2. The van der Waals surface area contributed by atoms with Gasteiger partial charge < -0.3 is 10.4 Å². The van der Waals surface area contributed by atoms with Crippen molar-refractivity contribution in [2.75, 3.05) is 11.9 Å². The number of aliphatic carboxylic acids is 1. The summed E-state index contributed by atoms with van der Waals surface area (Å²) >= 11 is 0. The Morgan fingerprint density at radius 3 is 2.65 bits per heavy atom. The highest BCUT2D eigenvalue weighted by Gasteiger charge is 2.44. The Labute approximate surface area is 100 Å². The van der Waals surface area contributed by atoms with Crippen LogP contribution >= 0.6 is 0 Å². The third kappa shape index (κ3) is 2.23. The summed E-state index contributed by atoms with van der Waals surface area (Å²) in [6, 6.07) is 0. The lowest BCUT2D eigenvalue weighted by atomic mass is 9.69. The van der Waals surface area contributed by atoms with Gasteiger partial charge in [0.25, 0.3) is 0 Å². The van der Waals surface area contributed by atoms with Crippen molar-refractivity contribution in [2.24, 2.45) is 5.41 Å². The van der Waals surface area contributed by atoms with E-state index in [1.54, 1.807) is 6.20 Å². The van der Waals surface area contributed by atoms with E-state index in [4.69, 9.17) is 0 Å². The molecule has 5 nitrogen and oxygen atoms in total. The number of aryl methyl sites for hydroxylation is 2. The number of hydrogen-bond acceptors (Lipinski definition) is 4. The van der Waals surface area contributed by atoms with Gasteiger partial charge in [0, 0.05) is 6.54 Å². The van der Waals surface area contributed by atoms with Crippen LogP contribution in [0, 0.1) is 19.3 Å². The average molecular weight is 235 g/mol. The highest BCUT2D eigenvalue weighted by Crippen LogP contribution is 2.41. The summed E-state index contributed by atoms with van der Waals surface area (Å²) in [5.74, 6) is -0.0614. The van der Waals surface area contributed by atoms with E-state index in [1.165, 1.54) is 0 Å². The van der Waals surface area contributed by atoms with Gasteiger partial charge in [-0.2, -0.15) is 0 Å². The maximum absolute atomic E-state index is 11.2. The van der Waals surface area contributed by atoms with Gasteiger partial charge in [-0.05, 0) is 26.7 Å². The van der Waals surface area contributed by atoms with Gasteiger partial charge in [-0.3, -0.25) is 9.78 Å². The van der Waals surface area contributed by atoms with Crippen LogP contribution in [-0.4, -0.2) is 27.6 Å². The van der Waals surface area contributed by atoms with Gasteiger partial charge in [-0.25, -0.2) is 4.98 Å². The molecule has 92 valence electrons. The molecule has 0 unspecified atom stereocenters. The van der Waals surface area contributed by atoms with Gasteiger partial charge in [0.2, 0.25) is 0 Å². The molecule has 5 heteroatoms. The molecule has 1 aromatic rings. The topological polar surface area (TPSA) is 75.1 Å². The van der Waals surface area contributed by atoms with Crippen LogP contribution in [-0.2, 0) is 4.79 Å². The van der Waals surface area contributed by atoms with E-state index in [0.29, 0.717) is 12.4 Å². The highest BCUT2D eigenvalue weighted by molar-refractivity contribution is 5.76. The molecule has 0 saturated heterocycles. The monoisotopic (exact) mass is 235 g/mol. The molecule has 0 amide bonds. The van der Waals surface area contributed by atoms with Gasteiger partial charge >= 0.3 is 5.97 Å². The summed E-state index contributed by atoms with van der Waals surface area (Å²) in [4.78, 5) is 19.7. The Bertz CT molecular complexity index is 441. The molecule has 2 rings (SSSR count). The lowest BCUT2D eigenvalue weighted by Gasteiger charge is -2.37. The molecular formula is C12H17N3O2. The largest absolute Gasteiger partial charge is 0.481 e. The molecule has 1 fully saturated rings. The molecule has 2 N–H and O–H groups in total. The summed E-state index contributed by atoms with van der Waals surface area (Å²) in [6.07, 6.45) is 4.13. The highest BCUT2D eigenvalue weighted by atomic mass is 16.4. The Morgan fingerprint density at radius 1 is 1.47 bits per heavy atom. The standard InChI is InChI=1S/C12H17N3O2/c1-8-9(2)15-10(6-13-8)14-7-12(11(16)17)4-3-5-12/h6H,3-5,7H2,1-2H3,(H,14,15)(H,16,17). The summed E-state index contributed by atoms with van der Waals surface area (Å²) in [5, 5.41) is 12.3. The number of nitrogens with one attached hydrogen (secondary N) is 1. The van der Waals surface area contributed by atoms with Crippen molar-refractivity contribution < 1.29 is 9.90 Å². The number of carboxylic acid groups (broad SMARTS) is 1. The SMILES string of the molecule is Cc1ncc(NCC2(C(=O)O)CCC2)nc1C. The third-order valence-electron chi connectivity index (χ3n) is 3.56. The van der Waals surface area contributed by atoms with E-state index in [9.17, 15) is 9.90 Å². The maximum atomic E-state index is 11.2. The molecule has 0 aliphatic heterocycles. The first-order valence-electron chi connectivity index (χ1n) is 5.81. The van der Waals surface area contributed by atoms with E-state index in [0.717, 1.165) is 30.7 Å². The first-order chi connectivity index (χ1) is 8.03. The normalized spacial score (nSPS) is 17.3. The fraction of sp³-hybridized carbons (Fsp3) is 0.583. The van der Waals surface area contributed by atoms with Crippen LogP contribution in [0.2, 0.25) is 0 Å². The average Bonchev–Trinajstić information content (AvgIpc) is 2.21. The minimum absolute atomic E-state index is 0.430. The molecule has 0 radical (unpaired) electrons. The van der Waals surface area contributed by atoms with Gasteiger partial charge in [0.1, 0.15) is 5.82 Å². The molecule has 0 bridgehead atoms. The molecule has 17 heavy (non-hydrogen) atoms. The van der Waals surface area contributed by atoms with Crippen molar-refractivity contribution in [1.82, 2.24) is 9.97 Å². The van der Waals surface area contributed by atoms with Crippen molar-refractivity contribution >= 4 is 11.8 Å². The van der Waals surface area contributed by atoms with Gasteiger partial charge in [0.05, 0.1) is 23.0 Å². The number of nitrogens with zero attached hydrogens (tertiary/aromatic N) is 2. The second-order valence-corrected chi connectivity index (χ2v) is 4.72. The van der Waals surface area contributed by atoms with Crippen LogP contribution in [0.4, 0.5) is 5.82 Å². The maximum Gasteiger partial charge on any atom is 0.311 e. The number of anilines is 1. The van der Waals surface area contributed by atoms with Crippen molar-refractivity contribution in [2.45, 2.75) is 33.1 Å². The zero-order chi connectivity index (χ0) is 12.5. The van der Waals surface area contributed by atoms with Crippen LogP contribution in [0.3, 0.4) is 0 Å². The smallest absolute Gasteiger partial charge is 0.311 e. The molecule has 1 heterocycles. The van der Waals surface area contributed by atoms with Crippen LogP contribution in [0.5, 0.6) is 0 Å². The van der Waals surface area contributed by atoms with E-state index in [1.807, 2.05) is 13.8 Å². The Morgan fingerprint density at radius 2 is 2.18 bits per heavy atom. The number of aromatic nitrogens is 2. The molecule has 0 atom stereocenters. The number of carboxylic acids is 1. The Kier molecular flexibility index (Phi) is 3.00. The van der Waals surface area contributed by atoms with Gasteiger partial charge in [-0.1, -0.05) is 6.42 Å². The molecule has 1 aromatic heterocycles. The van der Waals surface area contributed by atoms with E-state index in [-0.39, 0.29) is 0 Å². The van der Waals surface area contributed by atoms with Crippen LogP contribution in [0.1, 0.15) is 30.7 Å². The molecule has 1 aliphatic carbocycles. The summed E-state index contributed by atoms with van der Waals surface area (Å²) in [5.41, 5.74) is 1.17. The zero-order valence-corrected chi connectivity index (χ0v) is 10.2. The minimum atomic E-state index is -0.715. The second-order valence-electron chi connectivity index (χ2n) is 4.72. The van der Waals surface area contributed by atoms with Crippen molar-refractivity contribution in [1.29, 1.82) is 0 Å². The fourth-order valence-corrected chi connectivity index (χ4v) is 1.96. The lowest BCUT2D eigenvalue weighted by Crippen LogP contribution is -2.43. The first kappa shape index (κ1) is 11.8. The summed E-state index contributed by atoms with van der Waals surface area (Å²) < 4.78 is 0. The van der Waals surface area contributed by atoms with Crippen molar-refractivity contribution in [3.63, 3.8) is 0 Å². The van der Waals surface area contributed by atoms with Crippen molar-refractivity contribution in [3.8, 4) is 0 Å². The molecular weight excluding hydrogens is 218 g/mol. The minimum Gasteiger partial charge on any atom is -0.481 e. The third-order valence-corrected chi connectivity index (χ3v) is 3.56. The predicted octanol–water partition coefficient (Wildman–Crippen LogP) is 1.76. The Hall–Kier alpha value is -1.65. The molecule has 0 aromatic carbocycles. The van der Waals surface area contributed by atoms with Gasteiger partial charge in [-0.15, -0.1) is 0 Å². The first-order valence-corrected chi connectivity index (χ1v) is 5.81. The van der Waals surface area contributed by atoms with Crippen molar-refractivity contribution in [3.05, 3.63) is 17.6 Å². The summed E-state index contributed by atoms with van der Waals surface area (Å²) in [6.45, 7) is 4.22. The molecule has 0 spiro atoms. The number of hydrogen-bond donors (Lipinski definition) is 2. The van der Waals surface area contributed by atoms with E-state index < -0.39 is 11.4 Å². The molecule has 1 saturated carbocycles. The predicted molar refractivity (Wildman–Crippen MR) is 63.9 cm³/mol. The van der Waals surface area contributed by atoms with Crippen LogP contribution in [0.25, 0.3) is 0 Å².